The third-order valence-corrected chi connectivity index (χ3v) is 2.41. The van der Waals surface area contributed by atoms with Crippen molar-refractivity contribution in [2.75, 3.05) is 11.4 Å². The summed E-state index contributed by atoms with van der Waals surface area (Å²) in [5.74, 6) is 2.00. The Labute approximate surface area is 101 Å². The molecular weight excluding hydrogens is 217 g/mol. The van der Waals surface area contributed by atoms with Crippen LogP contribution in [0, 0.1) is 18.2 Å². The fourth-order valence-electron chi connectivity index (χ4n) is 1.52. The molecule has 0 heterocycles. The van der Waals surface area contributed by atoms with Gasteiger partial charge in [0, 0.05) is 12.1 Å². The normalized spacial score (nSPS) is 9.71. The highest BCUT2D eigenvalue weighted by Gasteiger charge is 2.14. The average molecular weight is 233 g/mol. The highest BCUT2D eigenvalue weighted by Crippen LogP contribution is 2.17. The first-order valence-corrected chi connectivity index (χ1v) is 5.68. The molecule has 0 spiro atoms. The van der Waals surface area contributed by atoms with Gasteiger partial charge in [0.15, 0.2) is 0 Å². The molecule has 2 nitrogen and oxygen atoms in total. The van der Waals surface area contributed by atoms with Gasteiger partial charge in [0.1, 0.15) is 5.82 Å². The molecule has 0 bridgehead atoms. The molecule has 0 fully saturated rings. The number of halogens is 1. The van der Waals surface area contributed by atoms with Gasteiger partial charge < -0.3 is 4.90 Å². The highest BCUT2D eigenvalue weighted by molar-refractivity contribution is 5.93. The smallest absolute Gasteiger partial charge is 0.227 e. The molecule has 0 aliphatic rings. The fraction of sp³-hybridized carbons (Fsp3) is 0.357. The average Bonchev–Trinajstić information content (AvgIpc) is 2.33. The molecule has 0 saturated carbocycles. The number of anilines is 1. The number of unbranched alkanes of at least 4 members (excludes halogenated alkanes) is 1. The van der Waals surface area contributed by atoms with Crippen molar-refractivity contribution in [3.63, 3.8) is 0 Å². The molecule has 0 radical (unpaired) electrons. The van der Waals surface area contributed by atoms with E-state index in [1.165, 1.54) is 17.0 Å². The lowest BCUT2D eigenvalue weighted by Crippen LogP contribution is -2.31. The van der Waals surface area contributed by atoms with Crippen molar-refractivity contribution < 1.29 is 9.18 Å². The monoisotopic (exact) mass is 233 g/mol. The zero-order valence-corrected chi connectivity index (χ0v) is 9.95. The van der Waals surface area contributed by atoms with Crippen LogP contribution in [0.1, 0.15) is 26.2 Å². The highest BCUT2D eigenvalue weighted by atomic mass is 19.1. The number of amides is 1. The fourth-order valence-corrected chi connectivity index (χ4v) is 1.52. The van der Waals surface area contributed by atoms with Gasteiger partial charge in [0.2, 0.25) is 5.91 Å². The van der Waals surface area contributed by atoms with Gasteiger partial charge >= 0.3 is 0 Å². The first-order chi connectivity index (χ1) is 8.19. The van der Waals surface area contributed by atoms with Crippen LogP contribution in [0.25, 0.3) is 0 Å². The number of nitrogens with zero attached hydrogens (tertiary/aromatic N) is 1. The second kappa shape index (κ2) is 6.70. The Hall–Kier alpha value is -1.82. The molecule has 0 aliphatic carbocycles. The van der Waals surface area contributed by atoms with E-state index >= 15 is 0 Å². The number of hydrogen-bond acceptors (Lipinski definition) is 1. The molecular formula is C14H16FNO. The Morgan fingerprint density at radius 1 is 1.53 bits per heavy atom. The van der Waals surface area contributed by atoms with Crippen molar-refractivity contribution in [2.24, 2.45) is 0 Å². The van der Waals surface area contributed by atoms with Crippen LogP contribution >= 0.6 is 0 Å². The van der Waals surface area contributed by atoms with Crippen molar-refractivity contribution in [3.05, 3.63) is 30.1 Å². The second-order valence-corrected chi connectivity index (χ2v) is 3.77. The van der Waals surface area contributed by atoms with E-state index in [0.29, 0.717) is 12.1 Å². The van der Waals surface area contributed by atoms with Crippen LogP contribution in [0.5, 0.6) is 0 Å². The predicted octanol–water partition coefficient (Wildman–Crippen LogP) is 2.98. The van der Waals surface area contributed by atoms with Gasteiger partial charge in [-0.1, -0.05) is 25.3 Å². The molecule has 17 heavy (non-hydrogen) atoms. The van der Waals surface area contributed by atoms with E-state index < -0.39 is 0 Å². The minimum atomic E-state index is -0.368. The summed E-state index contributed by atoms with van der Waals surface area (Å²) in [4.78, 5) is 13.4. The van der Waals surface area contributed by atoms with Crippen molar-refractivity contribution in [3.8, 4) is 12.3 Å². The standard InChI is InChI=1S/C14H16FNO/c1-3-5-9-14(17)16(10-4-2)13-8-6-7-12(15)11-13/h2,6-8,11H,3,5,9-10H2,1H3. The Morgan fingerprint density at radius 3 is 2.88 bits per heavy atom. The lowest BCUT2D eigenvalue weighted by molar-refractivity contribution is -0.118. The molecule has 0 atom stereocenters. The van der Waals surface area contributed by atoms with Crippen LogP contribution in [0.2, 0.25) is 0 Å². The van der Waals surface area contributed by atoms with Crippen LogP contribution < -0.4 is 4.90 Å². The van der Waals surface area contributed by atoms with E-state index in [4.69, 9.17) is 6.42 Å². The van der Waals surface area contributed by atoms with Gasteiger partial charge in [-0.05, 0) is 24.6 Å². The lowest BCUT2D eigenvalue weighted by Gasteiger charge is -2.20. The number of terminal acetylenes is 1. The van der Waals surface area contributed by atoms with Crippen molar-refractivity contribution in [1.29, 1.82) is 0 Å². The third-order valence-electron chi connectivity index (χ3n) is 2.41. The number of benzene rings is 1. The van der Waals surface area contributed by atoms with Gasteiger partial charge in [-0.15, -0.1) is 6.42 Å². The maximum atomic E-state index is 13.1. The van der Waals surface area contributed by atoms with E-state index in [-0.39, 0.29) is 18.3 Å². The Balaban J connectivity index is 2.85. The summed E-state index contributed by atoms with van der Waals surface area (Å²) in [6, 6.07) is 5.92. The molecule has 0 N–H and O–H groups in total. The number of rotatable bonds is 5. The Kier molecular flexibility index (Phi) is 5.22. The zero-order valence-electron chi connectivity index (χ0n) is 9.95. The maximum absolute atomic E-state index is 13.1. The zero-order chi connectivity index (χ0) is 12.7. The van der Waals surface area contributed by atoms with Crippen LogP contribution in [0.4, 0.5) is 10.1 Å². The number of carbonyl (C=O) groups excluding carboxylic acids is 1. The van der Waals surface area contributed by atoms with E-state index in [1.807, 2.05) is 6.92 Å². The van der Waals surface area contributed by atoms with Gasteiger partial charge in [-0.25, -0.2) is 4.39 Å². The quantitative estimate of drug-likeness (QED) is 0.716. The van der Waals surface area contributed by atoms with Crippen molar-refractivity contribution in [2.45, 2.75) is 26.2 Å². The minimum absolute atomic E-state index is 0.0598. The van der Waals surface area contributed by atoms with E-state index in [0.717, 1.165) is 12.8 Å². The molecule has 3 heteroatoms. The molecule has 0 saturated heterocycles. The van der Waals surface area contributed by atoms with Gasteiger partial charge in [-0.2, -0.15) is 0 Å². The van der Waals surface area contributed by atoms with E-state index in [9.17, 15) is 9.18 Å². The van der Waals surface area contributed by atoms with Crippen LogP contribution in [-0.4, -0.2) is 12.5 Å². The Bertz CT molecular complexity index is 422. The predicted molar refractivity (Wildman–Crippen MR) is 67.1 cm³/mol. The lowest BCUT2D eigenvalue weighted by atomic mass is 10.2. The van der Waals surface area contributed by atoms with Gasteiger partial charge in [0.05, 0.1) is 6.54 Å². The number of hydrogen-bond donors (Lipinski definition) is 0. The van der Waals surface area contributed by atoms with E-state index in [1.54, 1.807) is 12.1 Å². The molecule has 0 aromatic heterocycles. The second-order valence-electron chi connectivity index (χ2n) is 3.77. The number of carbonyl (C=O) groups is 1. The van der Waals surface area contributed by atoms with Crippen molar-refractivity contribution in [1.82, 2.24) is 0 Å². The molecule has 1 rings (SSSR count). The summed E-state index contributed by atoms with van der Waals surface area (Å²) in [6.45, 7) is 2.19. The maximum Gasteiger partial charge on any atom is 0.227 e. The SMILES string of the molecule is C#CCN(C(=O)CCCC)c1cccc(F)c1. The van der Waals surface area contributed by atoms with Crippen LogP contribution in [0.3, 0.4) is 0 Å². The van der Waals surface area contributed by atoms with Crippen LogP contribution in [-0.2, 0) is 4.79 Å². The Morgan fingerprint density at radius 2 is 2.29 bits per heavy atom. The third kappa shape index (κ3) is 3.92. The molecule has 0 unspecified atom stereocenters. The topological polar surface area (TPSA) is 20.3 Å². The summed E-state index contributed by atoms with van der Waals surface area (Å²) in [6.07, 6.45) is 7.43. The van der Waals surface area contributed by atoms with Crippen molar-refractivity contribution >= 4 is 11.6 Å². The van der Waals surface area contributed by atoms with Gasteiger partial charge in [0.25, 0.3) is 0 Å². The minimum Gasteiger partial charge on any atom is -0.301 e. The molecule has 90 valence electrons. The van der Waals surface area contributed by atoms with Gasteiger partial charge in [-0.3, -0.25) is 4.79 Å². The summed E-state index contributed by atoms with van der Waals surface area (Å²) in [7, 11) is 0. The molecule has 1 aromatic carbocycles. The first kappa shape index (κ1) is 13.2. The summed E-state index contributed by atoms with van der Waals surface area (Å²) >= 11 is 0. The van der Waals surface area contributed by atoms with E-state index in [2.05, 4.69) is 5.92 Å². The molecule has 1 aromatic rings. The molecule has 0 aliphatic heterocycles. The summed E-state index contributed by atoms with van der Waals surface area (Å²) in [5, 5.41) is 0. The van der Waals surface area contributed by atoms with Crippen LogP contribution in [0.15, 0.2) is 24.3 Å². The summed E-state index contributed by atoms with van der Waals surface area (Å²) in [5.41, 5.74) is 0.518. The summed E-state index contributed by atoms with van der Waals surface area (Å²) < 4.78 is 13.1. The first-order valence-electron chi connectivity index (χ1n) is 5.68. The largest absolute Gasteiger partial charge is 0.301 e. The molecule has 1 amide bonds.